The smallest absolute Gasteiger partial charge is 0.261 e. The second-order valence-electron chi connectivity index (χ2n) is 5.32. The molecule has 7 heteroatoms. The molecule has 0 bridgehead atoms. The van der Waals surface area contributed by atoms with Crippen LogP contribution in [0.4, 0.5) is 0 Å². The predicted octanol–water partition coefficient (Wildman–Crippen LogP) is 2.06. The third-order valence-electron chi connectivity index (χ3n) is 3.51. The molecular weight excluding hydrogens is 322 g/mol. The number of thiophene rings is 1. The summed E-state index contributed by atoms with van der Waals surface area (Å²) in [5.74, 6) is -0.0225. The first-order valence-corrected chi connectivity index (χ1v) is 8.57. The Morgan fingerprint density at radius 1 is 1.25 bits per heavy atom. The number of nitrogens with one attached hydrogen (secondary N) is 2. The maximum Gasteiger partial charge on any atom is 0.261 e. The van der Waals surface area contributed by atoms with E-state index in [4.69, 9.17) is 0 Å². The second-order valence-corrected chi connectivity index (χ2v) is 6.27. The van der Waals surface area contributed by atoms with Crippen LogP contribution < -0.4 is 10.6 Å². The fourth-order valence-corrected chi connectivity index (χ4v) is 3.04. The highest BCUT2D eigenvalue weighted by Gasteiger charge is 2.10. The summed E-state index contributed by atoms with van der Waals surface area (Å²) < 4.78 is 1.81. The van der Waals surface area contributed by atoms with Crippen molar-refractivity contribution in [1.29, 1.82) is 0 Å². The van der Waals surface area contributed by atoms with Gasteiger partial charge in [0.1, 0.15) is 0 Å². The maximum absolute atomic E-state index is 11.8. The van der Waals surface area contributed by atoms with Gasteiger partial charge in [0, 0.05) is 56.4 Å². The van der Waals surface area contributed by atoms with Gasteiger partial charge in [-0.15, -0.1) is 11.3 Å². The zero-order valence-electron chi connectivity index (χ0n) is 13.4. The van der Waals surface area contributed by atoms with Gasteiger partial charge in [0.25, 0.3) is 5.91 Å². The molecule has 3 aromatic rings. The van der Waals surface area contributed by atoms with Crippen LogP contribution in [0.2, 0.25) is 0 Å². The van der Waals surface area contributed by atoms with Crippen molar-refractivity contribution in [2.75, 3.05) is 13.1 Å². The molecule has 0 aromatic carbocycles. The first kappa shape index (κ1) is 16.4. The Kier molecular flexibility index (Phi) is 5.35. The van der Waals surface area contributed by atoms with Crippen molar-refractivity contribution in [2.45, 2.75) is 6.54 Å². The molecule has 0 aliphatic heterocycles. The van der Waals surface area contributed by atoms with Gasteiger partial charge in [0.15, 0.2) is 0 Å². The van der Waals surface area contributed by atoms with Gasteiger partial charge in [0.05, 0.1) is 10.6 Å². The van der Waals surface area contributed by atoms with Crippen LogP contribution in [0, 0.1) is 0 Å². The summed E-state index contributed by atoms with van der Waals surface area (Å²) in [6.07, 6.45) is 5.54. The molecule has 0 radical (unpaired) electrons. The van der Waals surface area contributed by atoms with Gasteiger partial charge in [-0.1, -0.05) is 6.07 Å². The van der Waals surface area contributed by atoms with E-state index in [1.807, 2.05) is 47.6 Å². The van der Waals surface area contributed by atoms with Gasteiger partial charge in [0.2, 0.25) is 0 Å². The molecule has 0 saturated heterocycles. The number of rotatable bonds is 7. The molecule has 0 aliphatic carbocycles. The fourth-order valence-electron chi connectivity index (χ4n) is 2.40. The normalized spacial score (nSPS) is 10.7. The Balaban J connectivity index is 1.50. The average molecular weight is 341 g/mol. The monoisotopic (exact) mass is 341 g/mol. The molecule has 1 amide bonds. The molecule has 6 nitrogen and oxygen atoms in total. The van der Waals surface area contributed by atoms with Crippen molar-refractivity contribution in [1.82, 2.24) is 25.4 Å². The van der Waals surface area contributed by atoms with E-state index in [1.54, 1.807) is 12.4 Å². The summed E-state index contributed by atoms with van der Waals surface area (Å²) in [5, 5.41) is 12.7. The van der Waals surface area contributed by atoms with Gasteiger partial charge < -0.3 is 10.6 Å². The van der Waals surface area contributed by atoms with E-state index in [0.717, 1.165) is 21.7 Å². The van der Waals surface area contributed by atoms with E-state index in [-0.39, 0.29) is 5.91 Å². The Bertz CT molecular complexity index is 783. The molecule has 2 N–H and O–H groups in total. The SMILES string of the molecule is Cn1cc(CNCCNC(=O)c2cccs2)c(-c2ccncc2)n1. The number of nitrogens with zero attached hydrogens (tertiary/aromatic N) is 3. The van der Waals surface area contributed by atoms with Crippen molar-refractivity contribution in [3.63, 3.8) is 0 Å². The Labute approximate surface area is 144 Å². The minimum atomic E-state index is -0.0225. The number of pyridine rings is 1. The molecule has 3 rings (SSSR count). The highest BCUT2D eigenvalue weighted by Crippen LogP contribution is 2.20. The highest BCUT2D eigenvalue weighted by atomic mass is 32.1. The maximum atomic E-state index is 11.8. The summed E-state index contributed by atoms with van der Waals surface area (Å²) in [6.45, 7) is 1.98. The first-order chi connectivity index (χ1) is 11.7. The molecule has 0 saturated carbocycles. The number of amides is 1. The minimum Gasteiger partial charge on any atom is -0.350 e. The van der Waals surface area contributed by atoms with E-state index >= 15 is 0 Å². The number of hydrogen-bond donors (Lipinski definition) is 2. The summed E-state index contributed by atoms with van der Waals surface area (Å²) in [4.78, 5) is 16.6. The van der Waals surface area contributed by atoms with Crippen molar-refractivity contribution in [3.05, 3.63) is 58.7 Å². The van der Waals surface area contributed by atoms with Gasteiger partial charge in [-0.05, 0) is 23.6 Å². The Hall–Kier alpha value is -2.51. The highest BCUT2D eigenvalue weighted by molar-refractivity contribution is 7.12. The Morgan fingerprint density at radius 2 is 2.08 bits per heavy atom. The largest absolute Gasteiger partial charge is 0.350 e. The predicted molar refractivity (Wildman–Crippen MR) is 94.8 cm³/mol. The van der Waals surface area contributed by atoms with E-state index in [9.17, 15) is 4.79 Å². The average Bonchev–Trinajstić information content (AvgIpc) is 3.25. The molecule has 24 heavy (non-hydrogen) atoms. The van der Waals surface area contributed by atoms with Crippen LogP contribution >= 0.6 is 11.3 Å². The number of hydrogen-bond acceptors (Lipinski definition) is 5. The van der Waals surface area contributed by atoms with Crippen molar-refractivity contribution < 1.29 is 4.79 Å². The zero-order chi connectivity index (χ0) is 16.8. The minimum absolute atomic E-state index is 0.0225. The van der Waals surface area contributed by atoms with Crippen molar-refractivity contribution >= 4 is 17.2 Å². The molecule has 3 heterocycles. The van der Waals surface area contributed by atoms with E-state index < -0.39 is 0 Å². The van der Waals surface area contributed by atoms with Gasteiger partial charge in [-0.25, -0.2) is 0 Å². The number of carbonyl (C=O) groups excluding carboxylic acids is 1. The summed E-state index contributed by atoms with van der Waals surface area (Å²) in [5.41, 5.74) is 3.12. The summed E-state index contributed by atoms with van der Waals surface area (Å²) in [6, 6.07) is 7.60. The van der Waals surface area contributed by atoms with E-state index in [2.05, 4.69) is 20.7 Å². The van der Waals surface area contributed by atoms with Crippen LogP contribution in [0.25, 0.3) is 11.3 Å². The first-order valence-electron chi connectivity index (χ1n) is 7.69. The van der Waals surface area contributed by atoms with Crippen LogP contribution in [0.1, 0.15) is 15.2 Å². The molecule has 0 unspecified atom stereocenters. The molecule has 0 atom stereocenters. The van der Waals surface area contributed by atoms with Crippen LogP contribution in [-0.4, -0.2) is 33.8 Å². The van der Waals surface area contributed by atoms with Crippen LogP contribution in [0.15, 0.2) is 48.2 Å². The van der Waals surface area contributed by atoms with E-state index in [1.165, 1.54) is 11.3 Å². The lowest BCUT2D eigenvalue weighted by Gasteiger charge is -2.06. The van der Waals surface area contributed by atoms with Gasteiger partial charge in [-0.3, -0.25) is 14.5 Å². The Morgan fingerprint density at radius 3 is 2.83 bits per heavy atom. The van der Waals surface area contributed by atoms with Gasteiger partial charge >= 0.3 is 0 Å². The van der Waals surface area contributed by atoms with Crippen LogP contribution in [0.3, 0.4) is 0 Å². The lowest BCUT2D eigenvalue weighted by atomic mass is 10.1. The number of carbonyl (C=O) groups is 1. The molecule has 0 spiro atoms. The number of aromatic nitrogens is 3. The summed E-state index contributed by atoms with van der Waals surface area (Å²) in [7, 11) is 1.91. The standard InChI is InChI=1S/C17H19N5OS/c1-22-12-14(16(21-22)13-4-6-18-7-5-13)11-19-8-9-20-17(23)15-3-2-10-24-15/h2-7,10,12,19H,8-9,11H2,1H3,(H,20,23). The van der Waals surface area contributed by atoms with E-state index in [0.29, 0.717) is 19.6 Å². The van der Waals surface area contributed by atoms with Crippen LogP contribution in [-0.2, 0) is 13.6 Å². The lowest BCUT2D eigenvalue weighted by molar-refractivity contribution is 0.0958. The zero-order valence-corrected chi connectivity index (χ0v) is 14.2. The van der Waals surface area contributed by atoms with Crippen molar-refractivity contribution in [2.24, 2.45) is 7.05 Å². The molecular formula is C17H19N5OS. The third-order valence-corrected chi connectivity index (χ3v) is 4.37. The van der Waals surface area contributed by atoms with Crippen LogP contribution in [0.5, 0.6) is 0 Å². The molecule has 3 aromatic heterocycles. The molecule has 0 fully saturated rings. The summed E-state index contributed by atoms with van der Waals surface area (Å²) >= 11 is 1.45. The molecule has 0 aliphatic rings. The third kappa shape index (κ3) is 4.06. The topological polar surface area (TPSA) is 71.8 Å². The lowest BCUT2D eigenvalue weighted by Crippen LogP contribution is -2.31. The quantitative estimate of drug-likeness (QED) is 0.645. The number of aryl methyl sites for hydroxylation is 1. The van der Waals surface area contributed by atoms with Gasteiger partial charge in [-0.2, -0.15) is 5.10 Å². The molecule has 124 valence electrons. The second kappa shape index (κ2) is 7.85. The fraction of sp³-hybridized carbons (Fsp3) is 0.235. The van der Waals surface area contributed by atoms with Crippen molar-refractivity contribution in [3.8, 4) is 11.3 Å².